The molecule has 22 heavy (non-hydrogen) atoms. The fourth-order valence-electron chi connectivity index (χ4n) is 1.91. The number of urea groups is 1. The first-order valence-electron chi connectivity index (χ1n) is 6.65. The molecule has 0 fully saturated rings. The lowest BCUT2D eigenvalue weighted by Gasteiger charge is -2.11. The minimum absolute atomic E-state index is 0.343. The van der Waals surface area contributed by atoms with Crippen LogP contribution < -0.4 is 16.4 Å². The minimum Gasteiger partial charge on any atom is -0.366 e. The Labute approximate surface area is 133 Å². The molecular weight excluding hydrogens is 302 g/mol. The highest BCUT2D eigenvalue weighted by atomic mass is 35.5. The lowest BCUT2D eigenvalue weighted by molar-refractivity contribution is 0.100. The summed E-state index contributed by atoms with van der Waals surface area (Å²) in [4.78, 5) is 23.1. The number of carbonyl (C=O) groups excluding carboxylic acids is 2. The molecule has 0 bridgehead atoms. The van der Waals surface area contributed by atoms with Crippen LogP contribution in [0.2, 0.25) is 5.02 Å². The molecule has 5 nitrogen and oxygen atoms in total. The quantitative estimate of drug-likeness (QED) is 0.809. The van der Waals surface area contributed by atoms with Crippen LogP contribution in [0.15, 0.2) is 42.5 Å². The molecule has 4 N–H and O–H groups in total. The Morgan fingerprint density at radius 1 is 1.18 bits per heavy atom. The molecule has 0 saturated heterocycles. The fraction of sp³-hybridized carbons (Fsp3) is 0.125. The van der Waals surface area contributed by atoms with Crippen molar-refractivity contribution in [1.29, 1.82) is 0 Å². The van der Waals surface area contributed by atoms with Crippen molar-refractivity contribution in [2.75, 3.05) is 5.32 Å². The van der Waals surface area contributed by atoms with E-state index in [4.69, 9.17) is 17.3 Å². The third kappa shape index (κ3) is 4.23. The summed E-state index contributed by atoms with van der Waals surface area (Å²) >= 11 is 5.89. The number of nitrogens with one attached hydrogen (secondary N) is 2. The molecule has 0 saturated carbocycles. The number of anilines is 1. The molecule has 6 heteroatoms. The number of primary amides is 1. The van der Waals surface area contributed by atoms with E-state index in [9.17, 15) is 9.59 Å². The van der Waals surface area contributed by atoms with Crippen LogP contribution in [0.5, 0.6) is 0 Å². The molecule has 0 aromatic heterocycles. The van der Waals surface area contributed by atoms with Crippen molar-refractivity contribution < 1.29 is 9.59 Å². The van der Waals surface area contributed by atoms with Crippen molar-refractivity contribution in [3.05, 3.63) is 64.2 Å². The number of hydrogen-bond donors (Lipinski definition) is 3. The predicted octanol–water partition coefficient (Wildman–Crippen LogP) is 3.07. The Bertz CT molecular complexity index is 716. The molecule has 2 aromatic rings. The first-order chi connectivity index (χ1) is 10.5. The van der Waals surface area contributed by atoms with Crippen LogP contribution in [-0.2, 0) is 6.54 Å². The predicted molar refractivity (Wildman–Crippen MR) is 87.0 cm³/mol. The smallest absolute Gasteiger partial charge is 0.319 e. The van der Waals surface area contributed by atoms with Crippen LogP contribution in [0.25, 0.3) is 0 Å². The molecule has 0 aliphatic heterocycles. The topological polar surface area (TPSA) is 84.2 Å². The van der Waals surface area contributed by atoms with Crippen molar-refractivity contribution in [1.82, 2.24) is 5.32 Å². The average Bonchev–Trinajstić information content (AvgIpc) is 2.47. The monoisotopic (exact) mass is 317 g/mol. The molecule has 0 spiro atoms. The molecule has 0 atom stereocenters. The molecular formula is C16H16ClN3O2. The maximum absolute atomic E-state index is 11.9. The lowest BCUT2D eigenvalue weighted by Crippen LogP contribution is -2.28. The Kier molecular flexibility index (Phi) is 5.01. The van der Waals surface area contributed by atoms with Crippen molar-refractivity contribution in [3.8, 4) is 0 Å². The standard InChI is InChI=1S/C16H16ClN3O2/c1-10-5-6-12(15(18)21)8-14(10)20-16(22)19-9-11-3-2-4-13(17)7-11/h2-8H,9H2,1H3,(H2,18,21)(H2,19,20,22). The van der Waals surface area contributed by atoms with Crippen molar-refractivity contribution in [3.63, 3.8) is 0 Å². The van der Waals surface area contributed by atoms with Gasteiger partial charge in [-0.3, -0.25) is 4.79 Å². The van der Waals surface area contributed by atoms with Gasteiger partial charge in [0.25, 0.3) is 0 Å². The van der Waals surface area contributed by atoms with Gasteiger partial charge in [-0.25, -0.2) is 4.79 Å². The molecule has 0 aliphatic rings. The molecule has 2 rings (SSSR count). The van der Waals surface area contributed by atoms with Gasteiger partial charge in [0, 0.05) is 22.8 Å². The van der Waals surface area contributed by atoms with Gasteiger partial charge in [0.05, 0.1) is 0 Å². The Balaban J connectivity index is 2.00. The molecule has 3 amide bonds. The Morgan fingerprint density at radius 2 is 1.95 bits per heavy atom. The first-order valence-corrected chi connectivity index (χ1v) is 7.03. The molecule has 0 unspecified atom stereocenters. The zero-order valence-corrected chi connectivity index (χ0v) is 12.8. The first kappa shape index (κ1) is 15.9. The van der Waals surface area contributed by atoms with Crippen molar-refractivity contribution >= 4 is 29.2 Å². The number of carbonyl (C=O) groups is 2. The van der Waals surface area contributed by atoms with Gasteiger partial charge in [-0.1, -0.05) is 29.8 Å². The van der Waals surface area contributed by atoms with Crippen LogP contribution in [0, 0.1) is 6.92 Å². The second-order valence-corrected chi connectivity index (χ2v) is 5.27. The van der Waals surface area contributed by atoms with E-state index in [1.54, 1.807) is 30.3 Å². The molecule has 114 valence electrons. The third-order valence-electron chi connectivity index (χ3n) is 3.11. The maximum atomic E-state index is 11.9. The zero-order chi connectivity index (χ0) is 16.1. The number of rotatable bonds is 4. The van der Waals surface area contributed by atoms with Crippen molar-refractivity contribution in [2.24, 2.45) is 5.73 Å². The summed E-state index contributed by atoms with van der Waals surface area (Å²) in [6.07, 6.45) is 0. The highest BCUT2D eigenvalue weighted by Crippen LogP contribution is 2.16. The summed E-state index contributed by atoms with van der Waals surface area (Å²) in [6, 6.07) is 11.8. The zero-order valence-electron chi connectivity index (χ0n) is 12.0. The van der Waals surface area contributed by atoms with Gasteiger partial charge in [-0.05, 0) is 42.3 Å². The summed E-state index contributed by atoms with van der Waals surface area (Å²) in [5, 5.41) is 6.04. The normalized spacial score (nSPS) is 10.1. The summed E-state index contributed by atoms with van der Waals surface area (Å²) < 4.78 is 0. The van der Waals surface area contributed by atoms with Crippen molar-refractivity contribution in [2.45, 2.75) is 13.5 Å². The van der Waals surface area contributed by atoms with Crippen LogP contribution in [0.4, 0.5) is 10.5 Å². The molecule has 2 aromatic carbocycles. The van der Waals surface area contributed by atoms with Gasteiger partial charge in [0.2, 0.25) is 5.91 Å². The van der Waals surface area contributed by atoms with E-state index in [0.717, 1.165) is 11.1 Å². The van der Waals surface area contributed by atoms with Gasteiger partial charge in [0.15, 0.2) is 0 Å². The Morgan fingerprint density at radius 3 is 2.64 bits per heavy atom. The maximum Gasteiger partial charge on any atom is 0.319 e. The minimum atomic E-state index is -0.539. The Hall–Kier alpha value is -2.53. The SMILES string of the molecule is Cc1ccc(C(N)=O)cc1NC(=O)NCc1cccc(Cl)c1. The third-order valence-corrected chi connectivity index (χ3v) is 3.35. The summed E-state index contributed by atoms with van der Waals surface area (Å²) in [6.45, 7) is 2.18. The van der Waals surface area contributed by atoms with E-state index in [0.29, 0.717) is 22.8 Å². The number of benzene rings is 2. The lowest BCUT2D eigenvalue weighted by atomic mass is 10.1. The van der Waals surface area contributed by atoms with Crippen LogP contribution in [-0.4, -0.2) is 11.9 Å². The van der Waals surface area contributed by atoms with E-state index >= 15 is 0 Å². The number of amides is 3. The average molecular weight is 318 g/mol. The second kappa shape index (κ2) is 6.95. The largest absolute Gasteiger partial charge is 0.366 e. The van der Waals surface area contributed by atoms with Gasteiger partial charge in [-0.15, -0.1) is 0 Å². The molecule has 0 heterocycles. The number of aryl methyl sites for hydroxylation is 1. The summed E-state index contributed by atoms with van der Waals surface area (Å²) in [5.74, 6) is -0.539. The van der Waals surface area contributed by atoms with Crippen LogP contribution in [0.3, 0.4) is 0 Å². The fourth-order valence-corrected chi connectivity index (χ4v) is 2.12. The van der Waals surface area contributed by atoms with Gasteiger partial charge < -0.3 is 16.4 Å². The number of halogens is 1. The van der Waals surface area contributed by atoms with Crippen LogP contribution in [0.1, 0.15) is 21.5 Å². The summed E-state index contributed by atoms with van der Waals surface area (Å²) in [7, 11) is 0. The van der Waals surface area contributed by atoms with Gasteiger partial charge >= 0.3 is 6.03 Å². The molecule has 0 radical (unpaired) electrons. The highest BCUT2D eigenvalue weighted by Gasteiger charge is 2.08. The van der Waals surface area contributed by atoms with Gasteiger partial charge in [0.1, 0.15) is 0 Å². The van der Waals surface area contributed by atoms with E-state index in [1.165, 1.54) is 0 Å². The summed E-state index contributed by atoms with van der Waals surface area (Å²) in [5.41, 5.74) is 7.85. The number of hydrogen-bond acceptors (Lipinski definition) is 2. The van der Waals surface area contributed by atoms with E-state index in [2.05, 4.69) is 10.6 Å². The number of nitrogens with two attached hydrogens (primary N) is 1. The van der Waals surface area contributed by atoms with E-state index in [1.807, 2.05) is 19.1 Å². The van der Waals surface area contributed by atoms with Gasteiger partial charge in [-0.2, -0.15) is 0 Å². The van der Waals surface area contributed by atoms with E-state index in [-0.39, 0.29) is 6.03 Å². The van der Waals surface area contributed by atoms with E-state index < -0.39 is 5.91 Å². The highest BCUT2D eigenvalue weighted by molar-refractivity contribution is 6.30. The second-order valence-electron chi connectivity index (χ2n) is 4.83. The molecule has 0 aliphatic carbocycles. The van der Waals surface area contributed by atoms with Crippen LogP contribution >= 0.6 is 11.6 Å².